The van der Waals surface area contributed by atoms with E-state index in [-0.39, 0.29) is 24.7 Å². The molecule has 0 aliphatic carbocycles. The molecule has 0 atom stereocenters. The minimum absolute atomic E-state index is 0.0558. The van der Waals surface area contributed by atoms with Crippen molar-refractivity contribution in [2.45, 2.75) is 26.7 Å². The molecule has 0 unspecified atom stereocenters. The van der Waals surface area contributed by atoms with Crippen molar-refractivity contribution in [3.63, 3.8) is 0 Å². The number of carbonyl (C=O) groups is 2. The predicted octanol–water partition coefficient (Wildman–Crippen LogP) is 2.81. The van der Waals surface area contributed by atoms with Gasteiger partial charge < -0.3 is 0 Å². The van der Waals surface area contributed by atoms with E-state index in [4.69, 9.17) is 0 Å². The molecule has 2 aromatic heterocycles. The molecule has 0 aliphatic heterocycles. The number of nitrogens with one attached hydrogen (secondary N) is 2. The van der Waals surface area contributed by atoms with Crippen LogP contribution in [-0.4, -0.2) is 24.2 Å². The highest BCUT2D eigenvalue weighted by molar-refractivity contribution is 7.13. The lowest BCUT2D eigenvalue weighted by Crippen LogP contribution is -2.22. The van der Waals surface area contributed by atoms with Crippen LogP contribution in [0.2, 0.25) is 0 Å². The first kappa shape index (κ1) is 18.0. The average molecular weight is 362 g/mol. The quantitative estimate of drug-likeness (QED) is 0.586. The second-order valence-corrected chi connectivity index (χ2v) is 7.62. The third kappa shape index (κ3) is 6.43. The third-order valence-corrected chi connectivity index (χ3v) is 4.73. The lowest BCUT2D eigenvalue weighted by Gasteiger charge is -1.99. The van der Waals surface area contributed by atoms with Gasteiger partial charge in [-0.3, -0.25) is 9.59 Å². The van der Waals surface area contributed by atoms with Crippen LogP contribution in [0.3, 0.4) is 0 Å². The van der Waals surface area contributed by atoms with Crippen molar-refractivity contribution in [1.29, 1.82) is 0 Å². The van der Waals surface area contributed by atoms with Gasteiger partial charge in [0.25, 0.3) is 0 Å². The summed E-state index contributed by atoms with van der Waals surface area (Å²) in [4.78, 5) is 27.5. The van der Waals surface area contributed by atoms with E-state index in [1.807, 2.05) is 38.1 Å². The fourth-order valence-corrected chi connectivity index (χ4v) is 3.22. The van der Waals surface area contributed by atoms with Gasteiger partial charge in [-0.25, -0.2) is 10.9 Å². The van der Waals surface area contributed by atoms with Crippen molar-refractivity contribution in [3.05, 3.63) is 43.8 Å². The Labute approximate surface area is 148 Å². The molecule has 2 aromatic rings. The zero-order valence-electron chi connectivity index (χ0n) is 13.4. The van der Waals surface area contributed by atoms with Crippen LogP contribution in [0.5, 0.6) is 0 Å². The molecular weight excluding hydrogens is 344 g/mol. The first-order valence-corrected chi connectivity index (χ1v) is 8.93. The summed E-state index contributed by atoms with van der Waals surface area (Å²) < 4.78 is 0. The summed E-state index contributed by atoms with van der Waals surface area (Å²) in [5, 5.41) is 7.73. The van der Waals surface area contributed by atoms with Crippen LogP contribution in [0.25, 0.3) is 0 Å². The maximum absolute atomic E-state index is 11.6. The zero-order chi connectivity index (χ0) is 17.4. The van der Waals surface area contributed by atoms with Crippen molar-refractivity contribution < 1.29 is 9.59 Å². The molecule has 0 fully saturated rings. The van der Waals surface area contributed by atoms with Gasteiger partial charge in [-0.05, 0) is 38.1 Å². The van der Waals surface area contributed by atoms with Gasteiger partial charge in [0.15, 0.2) is 0 Å². The monoisotopic (exact) mass is 362 g/mol. The van der Waals surface area contributed by atoms with E-state index in [0.29, 0.717) is 0 Å². The number of aryl methyl sites for hydroxylation is 2. The van der Waals surface area contributed by atoms with Crippen LogP contribution in [0.1, 0.15) is 32.4 Å². The second-order valence-electron chi connectivity index (χ2n) is 4.98. The number of rotatable bonds is 7. The number of hydrogen-bond acceptors (Lipinski definition) is 6. The lowest BCUT2D eigenvalue weighted by atomic mass is 10.3. The standard InChI is InChI=1S/C16H18N4O2S2/c1-11-3-5-13(23-11)9-17-19-15(21)7-8-16(22)20-18-10-14-6-4-12(2)24-14/h3-6,9-10H,7-8H2,1-2H3,(H,19,21)(H,20,22)/b17-9-,18-10+. The highest BCUT2D eigenvalue weighted by Gasteiger charge is 2.05. The predicted molar refractivity (Wildman–Crippen MR) is 98.8 cm³/mol. The molecular formula is C16H18N4O2S2. The van der Waals surface area contributed by atoms with Gasteiger partial charge in [-0.1, -0.05) is 0 Å². The number of hydrazone groups is 2. The Hall–Kier alpha value is -2.32. The smallest absolute Gasteiger partial charge is 0.240 e. The Kier molecular flexibility index (Phi) is 6.83. The Bertz CT molecular complexity index is 697. The topological polar surface area (TPSA) is 82.9 Å². The van der Waals surface area contributed by atoms with Gasteiger partial charge in [0, 0.05) is 32.4 Å². The van der Waals surface area contributed by atoms with E-state index in [0.717, 1.165) is 9.75 Å². The van der Waals surface area contributed by atoms with Crippen LogP contribution in [0, 0.1) is 13.8 Å². The summed E-state index contributed by atoms with van der Waals surface area (Å²) in [6.45, 7) is 4.00. The number of nitrogens with zero attached hydrogens (tertiary/aromatic N) is 2. The molecule has 24 heavy (non-hydrogen) atoms. The van der Waals surface area contributed by atoms with Crippen LogP contribution in [0.4, 0.5) is 0 Å². The SMILES string of the molecule is Cc1ccc(/C=N\NC(=O)CCC(=O)N/N=C/c2ccc(C)s2)s1. The van der Waals surface area contributed by atoms with Gasteiger partial charge in [0.1, 0.15) is 0 Å². The minimum atomic E-state index is -0.312. The molecule has 0 saturated heterocycles. The van der Waals surface area contributed by atoms with Gasteiger partial charge in [-0.2, -0.15) is 10.2 Å². The number of hydrogen-bond donors (Lipinski definition) is 2. The highest BCUT2D eigenvalue weighted by Crippen LogP contribution is 2.12. The fraction of sp³-hybridized carbons (Fsp3) is 0.250. The van der Waals surface area contributed by atoms with Crippen molar-refractivity contribution >= 4 is 46.9 Å². The molecule has 2 rings (SSSR count). The summed E-state index contributed by atoms with van der Waals surface area (Å²) >= 11 is 3.17. The molecule has 0 aromatic carbocycles. The van der Waals surface area contributed by atoms with Crippen molar-refractivity contribution in [3.8, 4) is 0 Å². The van der Waals surface area contributed by atoms with E-state index in [1.165, 1.54) is 9.75 Å². The van der Waals surface area contributed by atoms with Crippen molar-refractivity contribution in [2.24, 2.45) is 10.2 Å². The van der Waals surface area contributed by atoms with E-state index < -0.39 is 0 Å². The maximum Gasteiger partial charge on any atom is 0.240 e. The van der Waals surface area contributed by atoms with E-state index in [9.17, 15) is 9.59 Å². The maximum atomic E-state index is 11.6. The fourth-order valence-electron chi connectivity index (χ4n) is 1.72. The molecule has 0 radical (unpaired) electrons. The number of amides is 2. The summed E-state index contributed by atoms with van der Waals surface area (Å²) in [6, 6.07) is 7.82. The van der Waals surface area contributed by atoms with E-state index in [2.05, 4.69) is 21.1 Å². The normalized spacial score (nSPS) is 11.2. The Morgan fingerprint density at radius 1 is 0.875 bits per heavy atom. The molecule has 8 heteroatoms. The van der Waals surface area contributed by atoms with Crippen LogP contribution in [-0.2, 0) is 9.59 Å². The number of thiophene rings is 2. The number of carbonyl (C=O) groups excluding carboxylic acids is 2. The van der Waals surface area contributed by atoms with E-state index >= 15 is 0 Å². The molecule has 0 bridgehead atoms. The van der Waals surface area contributed by atoms with Gasteiger partial charge in [-0.15, -0.1) is 22.7 Å². The molecule has 2 N–H and O–H groups in total. The molecule has 0 saturated carbocycles. The van der Waals surface area contributed by atoms with Crippen molar-refractivity contribution in [2.75, 3.05) is 0 Å². The van der Waals surface area contributed by atoms with Crippen LogP contribution >= 0.6 is 22.7 Å². The van der Waals surface area contributed by atoms with Crippen LogP contribution < -0.4 is 10.9 Å². The molecule has 0 aliphatic rings. The Morgan fingerprint density at radius 3 is 1.62 bits per heavy atom. The molecule has 126 valence electrons. The van der Waals surface area contributed by atoms with Crippen LogP contribution in [0.15, 0.2) is 34.5 Å². The first-order chi connectivity index (χ1) is 11.5. The third-order valence-electron chi connectivity index (χ3n) is 2.86. The zero-order valence-corrected chi connectivity index (χ0v) is 15.0. The summed E-state index contributed by atoms with van der Waals surface area (Å²) in [7, 11) is 0. The van der Waals surface area contributed by atoms with Gasteiger partial charge >= 0.3 is 0 Å². The molecule has 2 heterocycles. The van der Waals surface area contributed by atoms with Gasteiger partial charge in [0.05, 0.1) is 12.4 Å². The van der Waals surface area contributed by atoms with E-state index in [1.54, 1.807) is 35.1 Å². The Balaban J connectivity index is 1.64. The van der Waals surface area contributed by atoms with Gasteiger partial charge in [0.2, 0.25) is 11.8 Å². The highest BCUT2D eigenvalue weighted by atomic mass is 32.1. The minimum Gasteiger partial charge on any atom is -0.273 e. The molecule has 2 amide bonds. The second kappa shape index (κ2) is 9.09. The molecule has 6 nitrogen and oxygen atoms in total. The lowest BCUT2D eigenvalue weighted by molar-refractivity contribution is -0.126. The summed E-state index contributed by atoms with van der Waals surface area (Å²) in [5.74, 6) is -0.625. The summed E-state index contributed by atoms with van der Waals surface area (Å²) in [6.07, 6.45) is 3.28. The Morgan fingerprint density at radius 2 is 1.29 bits per heavy atom. The largest absolute Gasteiger partial charge is 0.273 e. The van der Waals surface area contributed by atoms with Crippen molar-refractivity contribution in [1.82, 2.24) is 10.9 Å². The molecule has 0 spiro atoms. The average Bonchev–Trinajstić information content (AvgIpc) is 3.14. The first-order valence-electron chi connectivity index (χ1n) is 7.29. The summed E-state index contributed by atoms with van der Waals surface area (Å²) in [5.41, 5.74) is 4.80.